The first kappa shape index (κ1) is 32.8. The van der Waals surface area contributed by atoms with E-state index in [2.05, 4.69) is 18.5 Å². The van der Waals surface area contributed by atoms with Gasteiger partial charge in [-0.3, -0.25) is 14.4 Å². The Balaban J connectivity index is 2.14. The Labute approximate surface area is 254 Å². The zero-order valence-corrected chi connectivity index (χ0v) is 26.2. The monoisotopic (exact) mass is 591 g/mol. The Hall–Kier alpha value is -3.71. The number of esters is 1. The van der Waals surface area contributed by atoms with Crippen molar-refractivity contribution in [1.82, 2.24) is 5.32 Å². The van der Waals surface area contributed by atoms with E-state index in [9.17, 15) is 14.4 Å². The number of amides is 2. The van der Waals surface area contributed by atoms with Gasteiger partial charge in [0.25, 0.3) is 5.91 Å². The van der Waals surface area contributed by atoms with Crippen molar-refractivity contribution in [2.24, 2.45) is 22.2 Å². The lowest BCUT2D eigenvalue weighted by molar-refractivity contribution is -0.174. The highest BCUT2D eigenvalue weighted by Gasteiger charge is 2.50. The fourth-order valence-electron chi connectivity index (χ4n) is 5.32. The first-order valence-electron chi connectivity index (χ1n) is 14.2. The third-order valence-electron chi connectivity index (χ3n) is 7.25. The number of fused-ring (bicyclic) bond motifs is 1. The topological polar surface area (TPSA) is 88.1 Å². The number of carbonyl (C=O) groups excluding carboxylic acids is 3. The average molecular weight is 592 g/mol. The molecule has 1 aliphatic heterocycles. The number of benzodiazepines with no additional fused rings is 1. The maximum atomic E-state index is 14.3. The van der Waals surface area contributed by atoms with Crippen molar-refractivity contribution < 1.29 is 19.1 Å². The van der Waals surface area contributed by atoms with Crippen molar-refractivity contribution in [3.05, 3.63) is 90.0 Å². The molecule has 0 bridgehead atoms. The number of rotatable bonds is 11. The van der Waals surface area contributed by atoms with Gasteiger partial charge in [0.2, 0.25) is 12.1 Å². The highest BCUT2D eigenvalue weighted by atomic mass is 35.5. The smallest absolute Gasteiger partial charge is 0.314 e. The predicted octanol–water partition coefficient (Wildman–Crippen LogP) is 6.74. The van der Waals surface area contributed by atoms with Crippen LogP contribution in [0.2, 0.25) is 5.02 Å². The van der Waals surface area contributed by atoms with E-state index in [1.807, 2.05) is 50.2 Å². The molecule has 0 aromatic heterocycles. The van der Waals surface area contributed by atoms with Crippen LogP contribution in [0.3, 0.4) is 0 Å². The van der Waals surface area contributed by atoms with Crippen LogP contribution < -0.4 is 10.2 Å². The van der Waals surface area contributed by atoms with Gasteiger partial charge in [0, 0.05) is 23.2 Å². The largest absolute Gasteiger partial charge is 0.460 e. The third-order valence-corrected chi connectivity index (χ3v) is 7.51. The minimum absolute atomic E-state index is 0.0575. The number of halogens is 1. The van der Waals surface area contributed by atoms with Crippen LogP contribution in [0.5, 0.6) is 0 Å². The van der Waals surface area contributed by atoms with Crippen LogP contribution in [-0.2, 0) is 19.1 Å². The summed E-state index contributed by atoms with van der Waals surface area (Å²) < 4.78 is 5.87. The Morgan fingerprint density at radius 1 is 1.07 bits per heavy atom. The molecule has 1 heterocycles. The van der Waals surface area contributed by atoms with Crippen molar-refractivity contribution in [2.75, 3.05) is 11.9 Å². The highest BCUT2D eigenvalue weighted by molar-refractivity contribution is 6.30. The van der Waals surface area contributed by atoms with Crippen molar-refractivity contribution >= 4 is 40.8 Å². The molecule has 2 amide bonds. The van der Waals surface area contributed by atoms with Crippen LogP contribution in [0.1, 0.15) is 65.0 Å². The molecular formula is C34H42ClN3O4. The maximum Gasteiger partial charge on any atom is 0.314 e. The van der Waals surface area contributed by atoms with E-state index in [0.29, 0.717) is 22.8 Å². The molecule has 224 valence electrons. The van der Waals surface area contributed by atoms with Crippen LogP contribution in [0.4, 0.5) is 5.69 Å². The van der Waals surface area contributed by atoms with Crippen molar-refractivity contribution in [3.63, 3.8) is 0 Å². The number of ether oxygens (including phenoxy) is 1. The fourth-order valence-corrected chi connectivity index (χ4v) is 5.44. The number of nitrogens with one attached hydrogen (secondary N) is 1. The van der Waals surface area contributed by atoms with E-state index >= 15 is 0 Å². The molecule has 0 saturated carbocycles. The van der Waals surface area contributed by atoms with Gasteiger partial charge in [0.05, 0.1) is 22.7 Å². The molecular weight excluding hydrogens is 550 g/mol. The molecule has 7 nitrogen and oxygen atoms in total. The van der Waals surface area contributed by atoms with E-state index in [1.165, 1.54) is 4.90 Å². The predicted molar refractivity (Wildman–Crippen MR) is 170 cm³/mol. The number of para-hydroxylation sites is 1. The molecule has 0 aliphatic carbocycles. The third kappa shape index (κ3) is 7.37. The number of anilines is 1. The summed E-state index contributed by atoms with van der Waals surface area (Å²) in [5, 5.41) is 3.48. The number of nitrogens with zero attached hydrogens (tertiary/aromatic N) is 2. The van der Waals surface area contributed by atoms with Gasteiger partial charge >= 0.3 is 5.97 Å². The number of hydrogen-bond donors (Lipinski definition) is 1. The number of aliphatic imine (C=N–C) groups is 1. The van der Waals surface area contributed by atoms with Gasteiger partial charge in [-0.2, -0.15) is 0 Å². The summed E-state index contributed by atoms with van der Waals surface area (Å²) in [5.74, 6) is -2.16. The number of likely N-dealkylation sites (N-methyl/N-ethyl adjacent to an activating group) is 1. The van der Waals surface area contributed by atoms with Gasteiger partial charge in [-0.25, -0.2) is 4.99 Å². The second-order valence-electron chi connectivity index (χ2n) is 12.1. The molecule has 2 aromatic carbocycles. The van der Waals surface area contributed by atoms with Crippen LogP contribution in [0, 0.1) is 17.3 Å². The van der Waals surface area contributed by atoms with Crippen LogP contribution in [0.15, 0.2) is 78.8 Å². The Morgan fingerprint density at radius 2 is 1.67 bits per heavy atom. The van der Waals surface area contributed by atoms with Crippen molar-refractivity contribution in [3.8, 4) is 0 Å². The van der Waals surface area contributed by atoms with E-state index in [0.717, 1.165) is 11.1 Å². The lowest BCUT2D eigenvalue weighted by Crippen LogP contribution is -2.53. The molecule has 3 rings (SSSR count). The Morgan fingerprint density at radius 3 is 2.21 bits per heavy atom. The highest BCUT2D eigenvalue weighted by Crippen LogP contribution is 2.43. The van der Waals surface area contributed by atoms with Gasteiger partial charge in [0.1, 0.15) is 5.60 Å². The molecule has 2 aromatic rings. The number of allylic oxidation sites excluding steroid dienone is 2. The first-order valence-corrected chi connectivity index (χ1v) is 14.6. The lowest BCUT2D eigenvalue weighted by Gasteiger charge is -2.39. The lowest BCUT2D eigenvalue weighted by atomic mass is 9.67. The van der Waals surface area contributed by atoms with Gasteiger partial charge in [-0.1, -0.05) is 67.9 Å². The molecule has 8 heteroatoms. The molecule has 0 unspecified atom stereocenters. The molecule has 42 heavy (non-hydrogen) atoms. The standard InChI is InChI=1S/C34H42ClN3O4/c1-9-19-34(20-10-2,32(41)42-33(5,6)7)26(21-22(3)4)30(39)37-29-31(40)38(8)27-14-12-11-13-25(27)28(36-29)23-15-17-24(35)18-16-23/h9-18,22,26,29H,1-2,19-21H2,3-8H3,(H,37,39)/t26-,29+/m0/s1. The minimum Gasteiger partial charge on any atom is -0.460 e. The van der Waals surface area contributed by atoms with E-state index < -0.39 is 40.9 Å². The molecule has 0 radical (unpaired) electrons. The molecule has 1 N–H and O–H groups in total. The van der Waals surface area contributed by atoms with Crippen molar-refractivity contribution in [1.29, 1.82) is 0 Å². The average Bonchev–Trinajstić information content (AvgIpc) is 3.01. The summed E-state index contributed by atoms with van der Waals surface area (Å²) in [5.41, 5.74) is 0.653. The molecule has 0 saturated heterocycles. The number of benzene rings is 2. The van der Waals surface area contributed by atoms with Crippen LogP contribution >= 0.6 is 11.6 Å². The second kappa shape index (κ2) is 13.5. The minimum atomic E-state index is -1.27. The van der Waals surface area contributed by atoms with Gasteiger partial charge in [-0.05, 0) is 64.2 Å². The molecule has 0 fully saturated rings. The second-order valence-corrected chi connectivity index (χ2v) is 12.6. The SMILES string of the molecule is C=CCC(CC=C)(C(=O)OC(C)(C)C)[C@@H](CC(C)C)C(=O)N[C@H]1N=C(c2ccc(Cl)cc2)c2ccccc2N(C)C1=O. The summed E-state index contributed by atoms with van der Waals surface area (Å²) in [4.78, 5) is 48.3. The summed E-state index contributed by atoms with van der Waals surface area (Å²) in [6.07, 6.45) is 2.79. The molecule has 0 spiro atoms. The fraction of sp³-hybridized carbons (Fsp3) is 0.412. The maximum absolute atomic E-state index is 14.3. The van der Waals surface area contributed by atoms with E-state index in [4.69, 9.17) is 21.3 Å². The molecule has 2 atom stereocenters. The summed E-state index contributed by atoms with van der Waals surface area (Å²) in [6.45, 7) is 17.1. The normalized spacial score (nSPS) is 16.2. The van der Waals surface area contributed by atoms with Gasteiger partial charge in [0.15, 0.2) is 0 Å². The van der Waals surface area contributed by atoms with Crippen LogP contribution in [-0.4, -0.2) is 42.3 Å². The summed E-state index contributed by atoms with van der Waals surface area (Å²) >= 11 is 6.15. The van der Waals surface area contributed by atoms with Crippen LogP contribution in [0.25, 0.3) is 0 Å². The first-order chi connectivity index (χ1) is 19.7. The molecule has 1 aliphatic rings. The van der Waals surface area contributed by atoms with Crippen molar-refractivity contribution in [2.45, 2.75) is 65.6 Å². The van der Waals surface area contributed by atoms with Gasteiger partial charge < -0.3 is 15.0 Å². The number of hydrogen-bond acceptors (Lipinski definition) is 5. The Bertz CT molecular complexity index is 1350. The number of carbonyl (C=O) groups is 3. The zero-order chi connectivity index (χ0) is 31.2. The summed E-state index contributed by atoms with van der Waals surface area (Å²) in [7, 11) is 1.66. The zero-order valence-electron chi connectivity index (χ0n) is 25.4. The Kier molecular flexibility index (Phi) is 10.6. The van der Waals surface area contributed by atoms with Gasteiger partial charge in [-0.15, -0.1) is 13.2 Å². The summed E-state index contributed by atoms with van der Waals surface area (Å²) in [6, 6.07) is 14.6. The quantitative estimate of drug-likeness (QED) is 0.232. The van der Waals surface area contributed by atoms with E-state index in [-0.39, 0.29) is 18.8 Å². The van der Waals surface area contributed by atoms with E-state index in [1.54, 1.807) is 52.1 Å².